The number of carbonyl (C=O) groups is 2. The molecule has 1 atom stereocenters. The first kappa shape index (κ1) is 29.1. The number of halogens is 1. The summed E-state index contributed by atoms with van der Waals surface area (Å²) in [5.74, 6) is -0.336. The first-order chi connectivity index (χ1) is 17.0. The highest BCUT2D eigenvalue weighted by molar-refractivity contribution is 7.92. The fraction of sp³-hybridized carbons (Fsp3) is 0.462. The minimum Gasteiger partial charge on any atom is -0.497 e. The van der Waals surface area contributed by atoms with Crippen LogP contribution in [0, 0.1) is 5.82 Å². The van der Waals surface area contributed by atoms with Gasteiger partial charge in [-0.3, -0.25) is 13.9 Å². The molecular formula is C26H36FN3O5S. The molecule has 8 nitrogen and oxygen atoms in total. The van der Waals surface area contributed by atoms with E-state index >= 15 is 0 Å². The molecule has 0 fully saturated rings. The summed E-state index contributed by atoms with van der Waals surface area (Å²) in [7, 11) is -2.06. The molecule has 0 saturated heterocycles. The normalized spacial score (nSPS) is 12.2. The highest BCUT2D eigenvalue weighted by Crippen LogP contribution is 2.22. The van der Waals surface area contributed by atoms with E-state index in [9.17, 15) is 22.4 Å². The summed E-state index contributed by atoms with van der Waals surface area (Å²) in [5.41, 5.74) is 1.16. The van der Waals surface area contributed by atoms with Crippen LogP contribution < -0.4 is 14.4 Å². The molecule has 0 radical (unpaired) electrons. The number of hydrogen-bond acceptors (Lipinski definition) is 5. The molecule has 0 bridgehead atoms. The van der Waals surface area contributed by atoms with Gasteiger partial charge in [0, 0.05) is 25.6 Å². The number of benzene rings is 2. The summed E-state index contributed by atoms with van der Waals surface area (Å²) in [5, 5.41) is 2.86. The summed E-state index contributed by atoms with van der Waals surface area (Å²) >= 11 is 0. The van der Waals surface area contributed by atoms with Gasteiger partial charge in [-0.15, -0.1) is 0 Å². The highest BCUT2D eigenvalue weighted by Gasteiger charge is 2.29. The van der Waals surface area contributed by atoms with E-state index in [0.29, 0.717) is 23.4 Å². The van der Waals surface area contributed by atoms with Gasteiger partial charge in [0.25, 0.3) is 0 Å². The maximum atomic E-state index is 13.4. The molecule has 0 heterocycles. The van der Waals surface area contributed by atoms with Gasteiger partial charge in [0.15, 0.2) is 0 Å². The molecule has 0 aromatic heterocycles. The molecule has 1 N–H and O–H groups in total. The van der Waals surface area contributed by atoms with Crippen LogP contribution in [0.1, 0.15) is 45.6 Å². The maximum absolute atomic E-state index is 13.4. The van der Waals surface area contributed by atoms with E-state index in [-0.39, 0.29) is 49.6 Å². The Balaban J connectivity index is 2.20. The van der Waals surface area contributed by atoms with Crippen molar-refractivity contribution in [2.24, 2.45) is 0 Å². The van der Waals surface area contributed by atoms with E-state index in [1.165, 1.54) is 28.4 Å². The lowest BCUT2D eigenvalue weighted by Gasteiger charge is -2.31. The molecular weight excluding hydrogens is 485 g/mol. The Labute approximate surface area is 213 Å². The van der Waals surface area contributed by atoms with E-state index in [0.717, 1.165) is 6.26 Å². The van der Waals surface area contributed by atoms with E-state index < -0.39 is 16.1 Å². The van der Waals surface area contributed by atoms with Crippen LogP contribution in [0.5, 0.6) is 5.75 Å². The number of hydrogen-bond donors (Lipinski definition) is 1. The Morgan fingerprint density at radius 1 is 1.06 bits per heavy atom. The number of sulfonamides is 1. The number of nitrogens with one attached hydrogen (secondary N) is 1. The minimum absolute atomic E-state index is 0.0365. The summed E-state index contributed by atoms with van der Waals surface area (Å²) in [6.45, 7) is 5.74. The average molecular weight is 522 g/mol. The molecule has 2 aromatic carbocycles. The molecule has 36 heavy (non-hydrogen) atoms. The van der Waals surface area contributed by atoms with Crippen molar-refractivity contribution >= 4 is 27.5 Å². The second kappa shape index (κ2) is 13.2. The molecule has 0 aliphatic heterocycles. The smallest absolute Gasteiger partial charge is 0.243 e. The fourth-order valence-electron chi connectivity index (χ4n) is 3.84. The second-order valence-corrected chi connectivity index (χ2v) is 10.8. The van der Waals surface area contributed by atoms with Crippen LogP contribution in [-0.2, 0) is 26.2 Å². The number of methoxy groups -OCH3 is 1. The fourth-order valence-corrected chi connectivity index (χ4v) is 4.80. The molecule has 2 amide bonds. The third-order valence-electron chi connectivity index (χ3n) is 5.60. The van der Waals surface area contributed by atoms with Gasteiger partial charge in [-0.05, 0) is 68.7 Å². The number of amides is 2. The van der Waals surface area contributed by atoms with Gasteiger partial charge in [0.05, 0.1) is 19.1 Å². The molecule has 198 valence electrons. The summed E-state index contributed by atoms with van der Waals surface area (Å²) < 4.78 is 44.6. The Hall–Kier alpha value is -3.14. The van der Waals surface area contributed by atoms with Crippen LogP contribution >= 0.6 is 0 Å². The molecule has 0 saturated carbocycles. The predicted octanol–water partition coefficient (Wildman–Crippen LogP) is 3.71. The van der Waals surface area contributed by atoms with Crippen molar-refractivity contribution in [3.05, 3.63) is 59.9 Å². The third kappa shape index (κ3) is 8.51. The molecule has 0 aliphatic carbocycles. The van der Waals surface area contributed by atoms with Crippen LogP contribution in [0.15, 0.2) is 48.5 Å². The van der Waals surface area contributed by atoms with Crippen molar-refractivity contribution in [3.8, 4) is 5.75 Å². The minimum atomic E-state index is -3.59. The largest absolute Gasteiger partial charge is 0.497 e. The number of nitrogens with zero attached hydrogens (tertiary/aromatic N) is 2. The Morgan fingerprint density at radius 2 is 1.67 bits per heavy atom. The monoisotopic (exact) mass is 521 g/mol. The van der Waals surface area contributed by atoms with Crippen LogP contribution in [0.2, 0.25) is 0 Å². The SMILES string of the molecule is CC[C@@H](C(=O)NC(C)C)N(Cc1ccc(F)cc1)C(=O)CCCN(c1ccc(OC)cc1)S(C)(=O)=O. The molecule has 2 aromatic rings. The molecule has 0 unspecified atom stereocenters. The summed E-state index contributed by atoms with van der Waals surface area (Å²) in [6, 6.07) is 11.6. The van der Waals surface area contributed by atoms with Crippen LogP contribution in [0.4, 0.5) is 10.1 Å². The van der Waals surface area contributed by atoms with Crippen LogP contribution in [-0.4, -0.2) is 57.1 Å². The van der Waals surface area contributed by atoms with E-state index in [2.05, 4.69) is 5.32 Å². The van der Waals surface area contributed by atoms with Crippen molar-refractivity contribution in [2.75, 3.05) is 24.2 Å². The van der Waals surface area contributed by atoms with Crippen molar-refractivity contribution in [3.63, 3.8) is 0 Å². The maximum Gasteiger partial charge on any atom is 0.243 e. The zero-order chi connectivity index (χ0) is 26.9. The first-order valence-electron chi connectivity index (χ1n) is 11.9. The quantitative estimate of drug-likeness (QED) is 0.434. The van der Waals surface area contributed by atoms with Crippen LogP contribution in [0.25, 0.3) is 0 Å². The van der Waals surface area contributed by atoms with Crippen molar-refractivity contribution in [1.82, 2.24) is 10.2 Å². The predicted molar refractivity (Wildman–Crippen MR) is 139 cm³/mol. The van der Waals surface area contributed by atoms with Gasteiger partial charge < -0.3 is 15.0 Å². The first-order valence-corrected chi connectivity index (χ1v) is 13.8. The van der Waals surface area contributed by atoms with E-state index in [4.69, 9.17) is 4.74 Å². The lowest BCUT2D eigenvalue weighted by Crippen LogP contribution is -2.50. The topological polar surface area (TPSA) is 96.0 Å². The number of rotatable bonds is 13. The Kier molecular flexibility index (Phi) is 10.7. The summed E-state index contributed by atoms with van der Waals surface area (Å²) in [6.07, 6.45) is 1.80. The zero-order valence-corrected chi connectivity index (χ0v) is 22.3. The average Bonchev–Trinajstić information content (AvgIpc) is 2.81. The third-order valence-corrected chi connectivity index (χ3v) is 6.79. The molecule has 2 rings (SSSR count). The highest BCUT2D eigenvalue weighted by atomic mass is 32.2. The Bertz CT molecular complexity index is 1110. The molecule has 10 heteroatoms. The van der Waals surface area contributed by atoms with E-state index in [1.54, 1.807) is 36.4 Å². The van der Waals surface area contributed by atoms with Gasteiger partial charge in [-0.2, -0.15) is 0 Å². The van der Waals surface area contributed by atoms with Gasteiger partial charge in [-0.25, -0.2) is 12.8 Å². The second-order valence-electron chi connectivity index (χ2n) is 8.87. The molecule has 0 spiro atoms. The van der Waals surface area contributed by atoms with Gasteiger partial charge in [0.1, 0.15) is 17.6 Å². The standard InChI is InChI=1S/C26H36FN3O5S/c1-6-24(26(32)28-19(2)3)29(18-20-9-11-21(27)12-10-20)25(31)8-7-17-30(36(5,33)34)22-13-15-23(35-4)16-14-22/h9-16,19,24H,6-8,17-18H2,1-5H3,(H,28,32)/t24-/m0/s1. The van der Waals surface area contributed by atoms with E-state index in [1.807, 2.05) is 20.8 Å². The lowest BCUT2D eigenvalue weighted by atomic mass is 10.1. The van der Waals surface area contributed by atoms with Crippen molar-refractivity contribution in [2.45, 2.75) is 58.7 Å². The number of anilines is 1. The number of ether oxygens (including phenoxy) is 1. The zero-order valence-electron chi connectivity index (χ0n) is 21.5. The Morgan fingerprint density at radius 3 is 2.17 bits per heavy atom. The van der Waals surface area contributed by atoms with Crippen molar-refractivity contribution in [1.29, 1.82) is 0 Å². The van der Waals surface area contributed by atoms with Crippen molar-refractivity contribution < 1.29 is 27.1 Å². The number of carbonyl (C=O) groups excluding carboxylic acids is 2. The van der Waals surface area contributed by atoms with Gasteiger partial charge in [-0.1, -0.05) is 19.1 Å². The summed E-state index contributed by atoms with van der Waals surface area (Å²) in [4.78, 5) is 27.7. The van der Waals surface area contributed by atoms with Crippen LogP contribution in [0.3, 0.4) is 0 Å². The molecule has 0 aliphatic rings. The van der Waals surface area contributed by atoms with Gasteiger partial charge >= 0.3 is 0 Å². The lowest BCUT2D eigenvalue weighted by molar-refractivity contribution is -0.141. The van der Waals surface area contributed by atoms with Gasteiger partial charge in [0.2, 0.25) is 21.8 Å².